The molecule has 8 heteroatoms. The monoisotopic (exact) mass is 702 g/mol. The summed E-state index contributed by atoms with van der Waals surface area (Å²) >= 11 is 3.77. The third-order valence-electron chi connectivity index (χ3n) is 11.0. The van der Waals surface area contributed by atoms with E-state index in [1.807, 2.05) is 35.7 Å². The van der Waals surface area contributed by atoms with E-state index < -0.39 is 0 Å². The van der Waals surface area contributed by atoms with Crippen LogP contribution in [0, 0.1) is 10.8 Å². The molecule has 0 saturated heterocycles. The first-order chi connectivity index (χ1) is 23.2. The molecular formula is C40H62O6S2. The van der Waals surface area contributed by atoms with Crippen LogP contribution in [0.1, 0.15) is 116 Å². The summed E-state index contributed by atoms with van der Waals surface area (Å²) in [5, 5.41) is 22.9. The van der Waals surface area contributed by atoms with Gasteiger partial charge >= 0.3 is 0 Å². The van der Waals surface area contributed by atoms with Gasteiger partial charge in [-0.25, -0.2) is 0 Å². The number of hydrogen-bond acceptors (Lipinski definition) is 8. The summed E-state index contributed by atoms with van der Waals surface area (Å²) in [7, 11) is 0. The van der Waals surface area contributed by atoms with Crippen LogP contribution in [0.4, 0.5) is 0 Å². The topological polar surface area (TPSA) is 77.4 Å². The van der Waals surface area contributed by atoms with Crippen molar-refractivity contribution in [3.8, 4) is 11.5 Å². The van der Waals surface area contributed by atoms with E-state index >= 15 is 0 Å². The lowest BCUT2D eigenvalue weighted by molar-refractivity contribution is 0.0132. The Morgan fingerprint density at radius 1 is 0.625 bits per heavy atom. The van der Waals surface area contributed by atoms with Gasteiger partial charge in [0.05, 0.1) is 38.6 Å². The van der Waals surface area contributed by atoms with Gasteiger partial charge in [-0.05, 0) is 73.2 Å². The van der Waals surface area contributed by atoms with Crippen LogP contribution in [-0.2, 0) is 9.47 Å². The molecular weight excluding hydrogens is 641 g/mol. The number of aliphatic hydroxyl groups excluding tert-OH is 2. The van der Waals surface area contributed by atoms with Gasteiger partial charge in [-0.3, -0.25) is 0 Å². The summed E-state index contributed by atoms with van der Waals surface area (Å²) in [6.07, 6.45) is 8.03. The van der Waals surface area contributed by atoms with Crippen LogP contribution in [0.15, 0.2) is 46.2 Å². The molecule has 4 rings (SSSR count). The summed E-state index contributed by atoms with van der Waals surface area (Å²) in [6, 6.07) is 12.6. The Labute approximate surface area is 299 Å². The molecule has 0 radical (unpaired) electrons. The minimum atomic E-state index is -0.358. The molecule has 2 aromatic carbocycles. The number of unbranched alkanes of at least 4 members (excludes halogenated alkanes) is 2. The van der Waals surface area contributed by atoms with E-state index in [9.17, 15) is 10.2 Å². The molecule has 2 aromatic rings. The average Bonchev–Trinajstić information content (AvgIpc) is 3.28. The molecule has 2 aliphatic rings. The smallest absolute Gasteiger partial charge is 0.119 e. The Morgan fingerprint density at radius 3 is 1.40 bits per heavy atom. The number of aliphatic hydroxyl groups is 2. The molecule has 6 atom stereocenters. The Hall–Kier alpha value is -1.42. The van der Waals surface area contributed by atoms with Crippen molar-refractivity contribution < 1.29 is 29.2 Å². The van der Waals surface area contributed by atoms with Crippen molar-refractivity contribution in [1.29, 1.82) is 0 Å². The van der Waals surface area contributed by atoms with Gasteiger partial charge in [-0.2, -0.15) is 0 Å². The predicted octanol–water partition coefficient (Wildman–Crippen LogP) is 9.49. The van der Waals surface area contributed by atoms with Gasteiger partial charge in [0.25, 0.3) is 0 Å². The maximum Gasteiger partial charge on any atom is 0.119 e. The zero-order chi connectivity index (χ0) is 34.6. The highest BCUT2D eigenvalue weighted by Gasteiger charge is 2.43. The molecule has 0 aromatic heterocycles. The van der Waals surface area contributed by atoms with Gasteiger partial charge in [0.1, 0.15) is 24.7 Å². The normalized spacial score (nSPS) is 27.1. The van der Waals surface area contributed by atoms with E-state index in [0.29, 0.717) is 39.6 Å². The standard InChI is InChI=1S/C40H62O6S2/c1-7-11-17-39(9-3)27-47-35-15-13-31(25-33(35)29(5)37(39)41)45-23-21-43-19-20-44-22-24-46-32-14-16-36-34(26-32)30(6)38(42)40(10-4,28-48-36)18-12-8-2/h13-16,25-26,29-30,37-38,41-42H,7-12,17-24,27-28H2,1-6H3/t29-,30+,37-,38+,39-,40+. The first-order valence-corrected chi connectivity index (χ1v) is 20.5. The molecule has 0 fully saturated rings. The SMILES string of the molecule is CCCC[C@]1(CC)CSc2ccc(OCCOCCOCCOc3ccc4c(c3)[C@H](C)[C@H](O)[C@@](CC)(CCCC)CS4)cc2[C@@H](C)[C@H]1O. The van der Waals surface area contributed by atoms with Crippen molar-refractivity contribution >= 4 is 23.5 Å². The molecule has 0 spiro atoms. The molecule has 6 nitrogen and oxygen atoms in total. The maximum atomic E-state index is 11.5. The zero-order valence-electron chi connectivity index (χ0n) is 30.4. The van der Waals surface area contributed by atoms with Crippen molar-refractivity contribution in [3.63, 3.8) is 0 Å². The number of benzene rings is 2. The fourth-order valence-electron chi connectivity index (χ4n) is 7.45. The van der Waals surface area contributed by atoms with Gasteiger partial charge in [0.2, 0.25) is 0 Å². The molecule has 2 aliphatic heterocycles. The van der Waals surface area contributed by atoms with Crippen LogP contribution in [0.5, 0.6) is 11.5 Å². The molecule has 0 bridgehead atoms. The van der Waals surface area contributed by atoms with E-state index in [1.165, 1.54) is 20.9 Å². The van der Waals surface area contributed by atoms with Gasteiger partial charge < -0.3 is 29.2 Å². The fraction of sp³-hybridized carbons (Fsp3) is 0.700. The second kappa shape index (κ2) is 19.3. The third-order valence-corrected chi connectivity index (χ3v) is 13.8. The Kier molecular flexibility index (Phi) is 15.8. The lowest BCUT2D eigenvalue weighted by Crippen LogP contribution is -2.39. The molecule has 0 aliphatic carbocycles. The van der Waals surface area contributed by atoms with E-state index in [0.717, 1.165) is 74.4 Å². The highest BCUT2D eigenvalue weighted by molar-refractivity contribution is 7.99. The van der Waals surface area contributed by atoms with Crippen molar-refractivity contribution in [2.75, 3.05) is 51.1 Å². The first kappa shape index (κ1) is 39.4. The number of hydrogen-bond donors (Lipinski definition) is 2. The van der Waals surface area contributed by atoms with Gasteiger partial charge in [0.15, 0.2) is 0 Å². The molecule has 270 valence electrons. The molecule has 2 heterocycles. The lowest BCUT2D eigenvalue weighted by Gasteiger charge is -2.38. The van der Waals surface area contributed by atoms with Gasteiger partial charge in [-0.1, -0.05) is 67.2 Å². The predicted molar refractivity (Wildman–Crippen MR) is 200 cm³/mol. The molecule has 2 N–H and O–H groups in total. The number of ether oxygens (including phenoxy) is 4. The van der Waals surface area contributed by atoms with Crippen LogP contribution in [0.3, 0.4) is 0 Å². The highest BCUT2D eigenvalue weighted by Crippen LogP contribution is 2.50. The number of rotatable bonds is 19. The van der Waals surface area contributed by atoms with E-state index in [2.05, 4.69) is 65.8 Å². The molecule has 48 heavy (non-hydrogen) atoms. The lowest BCUT2D eigenvalue weighted by atomic mass is 9.71. The second-order valence-corrected chi connectivity index (χ2v) is 16.0. The quantitative estimate of drug-likeness (QED) is 0.140. The highest BCUT2D eigenvalue weighted by atomic mass is 32.2. The molecule has 0 saturated carbocycles. The summed E-state index contributed by atoms with van der Waals surface area (Å²) in [5.74, 6) is 3.70. The van der Waals surface area contributed by atoms with E-state index in [1.54, 1.807) is 0 Å². The summed E-state index contributed by atoms with van der Waals surface area (Å²) < 4.78 is 23.6. The number of thioether (sulfide) groups is 2. The van der Waals surface area contributed by atoms with E-state index in [4.69, 9.17) is 18.9 Å². The average molecular weight is 703 g/mol. The zero-order valence-corrected chi connectivity index (χ0v) is 32.1. The largest absolute Gasteiger partial charge is 0.491 e. The summed E-state index contributed by atoms with van der Waals surface area (Å²) in [6.45, 7) is 16.1. The Balaban J connectivity index is 1.14. The fourth-order valence-corrected chi connectivity index (χ4v) is 10.5. The summed E-state index contributed by atoms with van der Waals surface area (Å²) in [4.78, 5) is 2.52. The Bertz CT molecular complexity index is 1160. The summed E-state index contributed by atoms with van der Waals surface area (Å²) in [5.41, 5.74) is 2.29. The van der Waals surface area contributed by atoms with Crippen molar-refractivity contribution in [1.82, 2.24) is 0 Å². The van der Waals surface area contributed by atoms with Crippen molar-refractivity contribution in [2.45, 2.75) is 127 Å². The second-order valence-electron chi connectivity index (χ2n) is 14.0. The molecule has 0 unspecified atom stereocenters. The van der Waals surface area contributed by atoms with Crippen LogP contribution >= 0.6 is 23.5 Å². The minimum absolute atomic E-state index is 0.0403. The first-order valence-electron chi connectivity index (χ1n) is 18.5. The van der Waals surface area contributed by atoms with Crippen molar-refractivity contribution in [2.24, 2.45) is 10.8 Å². The van der Waals surface area contributed by atoms with Crippen LogP contribution in [-0.4, -0.2) is 73.6 Å². The van der Waals surface area contributed by atoms with Crippen LogP contribution in [0.2, 0.25) is 0 Å². The van der Waals surface area contributed by atoms with Crippen LogP contribution < -0.4 is 9.47 Å². The van der Waals surface area contributed by atoms with Gasteiger partial charge in [-0.15, -0.1) is 23.5 Å². The van der Waals surface area contributed by atoms with Crippen LogP contribution in [0.25, 0.3) is 0 Å². The van der Waals surface area contributed by atoms with Gasteiger partial charge in [0, 0.05) is 44.0 Å². The maximum absolute atomic E-state index is 11.5. The van der Waals surface area contributed by atoms with Crippen molar-refractivity contribution in [3.05, 3.63) is 47.5 Å². The Morgan fingerprint density at radius 2 is 1.02 bits per heavy atom. The minimum Gasteiger partial charge on any atom is -0.491 e. The number of fused-ring (bicyclic) bond motifs is 2. The third kappa shape index (κ3) is 9.67. The van der Waals surface area contributed by atoms with E-state index in [-0.39, 0.29) is 34.9 Å². The molecule has 0 amide bonds.